The van der Waals surface area contributed by atoms with Crippen LogP contribution in [0.25, 0.3) is 0 Å². The van der Waals surface area contributed by atoms with Crippen LogP contribution in [0.2, 0.25) is 5.02 Å². The van der Waals surface area contributed by atoms with Gasteiger partial charge in [0.15, 0.2) is 5.82 Å². The monoisotopic (exact) mass is 427 g/mol. The standard InChI is InChI=1S/C18H22ClN3O5S/c19-14-4-1-2-6-16(14)28(23,24)22-9-7-13(8-10-22)26-12-17-20-18(27-21-17)15-5-3-11-25-15/h1-2,4,6,13,15H,3,5,7-12H2. The third-order valence-corrected chi connectivity index (χ3v) is 7.39. The van der Waals surface area contributed by atoms with Gasteiger partial charge in [-0.1, -0.05) is 28.9 Å². The molecule has 8 nitrogen and oxygen atoms in total. The van der Waals surface area contributed by atoms with E-state index in [1.165, 1.54) is 10.4 Å². The summed E-state index contributed by atoms with van der Waals surface area (Å²) in [5.74, 6) is 0.980. The second kappa shape index (κ2) is 8.46. The summed E-state index contributed by atoms with van der Waals surface area (Å²) in [5.41, 5.74) is 0. The quantitative estimate of drug-likeness (QED) is 0.699. The molecule has 3 heterocycles. The molecule has 0 spiro atoms. The Morgan fingerprint density at radius 2 is 2.00 bits per heavy atom. The van der Waals surface area contributed by atoms with Gasteiger partial charge in [-0.25, -0.2) is 8.42 Å². The lowest BCUT2D eigenvalue weighted by atomic mass is 10.1. The molecule has 10 heteroatoms. The molecule has 2 aliphatic heterocycles. The van der Waals surface area contributed by atoms with Gasteiger partial charge in [-0.3, -0.25) is 0 Å². The Kier molecular flexibility index (Phi) is 5.98. The normalized spacial score (nSPS) is 22.0. The molecule has 0 aliphatic carbocycles. The lowest BCUT2D eigenvalue weighted by molar-refractivity contribution is 0.00637. The Labute approximate surface area is 168 Å². The van der Waals surface area contributed by atoms with E-state index in [0.29, 0.717) is 44.3 Å². The fraction of sp³-hybridized carbons (Fsp3) is 0.556. The van der Waals surface area contributed by atoms with Crippen LogP contribution < -0.4 is 0 Å². The summed E-state index contributed by atoms with van der Waals surface area (Å²) in [6, 6.07) is 6.50. The molecular formula is C18H22ClN3O5S. The average Bonchev–Trinajstić information content (AvgIpc) is 3.38. The number of rotatable bonds is 6. The predicted molar refractivity (Wildman–Crippen MR) is 100 cm³/mol. The van der Waals surface area contributed by atoms with Gasteiger partial charge in [-0.15, -0.1) is 0 Å². The largest absolute Gasteiger partial charge is 0.370 e. The summed E-state index contributed by atoms with van der Waals surface area (Å²) in [5, 5.41) is 4.17. The van der Waals surface area contributed by atoms with Gasteiger partial charge < -0.3 is 14.0 Å². The van der Waals surface area contributed by atoms with E-state index in [1.54, 1.807) is 18.2 Å². The van der Waals surface area contributed by atoms with Crippen LogP contribution in [0.4, 0.5) is 0 Å². The van der Waals surface area contributed by atoms with Crippen molar-refractivity contribution in [1.29, 1.82) is 0 Å². The van der Waals surface area contributed by atoms with Crippen molar-refractivity contribution in [3.8, 4) is 0 Å². The number of sulfonamides is 1. The Hall–Kier alpha value is -1.52. The first-order valence-electron chi connectivity index (χ1n) is 9.34. The van der Waals surface area contributed by atoms with Crippen LogP contribution in [0.15, 0.2) is 33.7 Å². The van der Waals surface area contributed by atoms with Gasteiger partial charge in [0.2, 0.25) is 10.0 Å². The average molecular weight is 428 g/mol. The molecule has 2 saturated heterocycles. The van der Waals surface area contributed by atoms with E-state index < -0.39 is 10.0 Å². The highest BCUT2D eigenvalue weighted by Crippen LogP contribution is 2.28. The lowest BCUT2D eigenvalue weighted by Crippen LogP contribution is -2.40. The number of aromatic nitrogens is 2. The van der Waals surface area contributed by atoms with E-state index in [0.717, 1.165) is 12.8 Å². The van der Waals surface area contributed by atoms with Crippen molar-refractivity contribution in [2.75, 3.05) is 19.7 Å². The number of hydrogen-bond donors (Lipinski definition) is 0. The van der Waals surface area contributed by atoms with Crippen LogP contribution in [0, 0.1) is 0 Å². The molecular weight excluding hydrogens is 406 g/mol. The fourth-order valence-electron chi connectivity index (χ4n) is 3.45. The molecule has 2 aliphatic rings. The van der Waals surface area contributed by atoms with Crippen LogP contribution in [-0.4, -0.2) is 48.7 Å². The topological polar surface area (TPSA) is 94.8 Å². The summed E-state index contributed by atoms with van der Waals surface area (Å²) in [4.78, 5) is 4.47. The molecule has 2 fully saturated rings. The van der Waals surface area contributed by atoms with Crippen molar-refractivity contribution in [3.05, 3.63) is 41.0 Å². The molecule has 1 unspecified atom stereocenters. The number of ether oxygens (including phenoxy) is 2. The van der Waals surface area contributed by atoms with Crippen LogP contribution in [0.1, 0.15) is 43.5 Å². The zero-order valence-corrected chi connectivity index (χ0v) is 16.9. The van der Waals surface area contributed by atoms with Crippen molar-refractivity contribution in [2.24, 2.45) is 0 Å². The van der Waals surface area contributed by atoms with Gasteiger partial charge in [0.1, 0.15) is 17.6 Å². The van der Waals surface area contributed by atoms with Gasteiger partial charge in [0, 0.05) is 19.7 Å². The highest BCUT2D eigenvalue weighted by atomic mass is 35.5. The fourth-order valence-corrected chi connectivity index (χ4v) is 5.42. The maximum atomic E-state index is 12.8. The van der Waals surface area contributed by atoms with E-state index in [-0.39, 0.29) is 28.7 Å². The summed E-state index contributed by atoms with van der Waals surface area (Å²) in [7, 11) is -3.60. The Balaban J connectivity index is 1.29. The second-order valence-corrected chi connectivity index (χ2v) is 9.21. The van der Waals surface area contributed by atoms with Crippen LogP contribution in [-0.2, 0) is 26.1 Å². The van der Waals surface area contributed by atoms with Gasteiger partial charge in [0.25, 0.3) is 5.89 Å². The third-order valence-electron chi connectivity index (χ3n) is 4.99. The van der Waals surface area contributed by atoms with Crippen LogP contribution in [0.3, 0.4) is 0 Å². The molecule has 0 N–H and O–H groups in total. The molecule has 0 radical (unpaired) electrons. The van der Waals surface area contributed by atoms with E-state index in [9.17, 15) is 8.42 Å². The third kappa shape index (κ3) is 4.23. The smallest absolute Gasteiger partial charge is 0.255 e. The van der Waals surface area contributed by atoms with E-state index >= 15 is 0 Å². The van der Waals surface area contributed by atoms with E-state index in [1.807, 2.05) is 0 Å². The Bertz CT molecular complexity index is 905. The minimum Gasteiger partial charge on any atom is -0.370 e. The number of halogens is 1. The Morgan fingerprint density at radius 1 is 1.21 bits per heavy atom. The van der Waals surface area contributed by atoms with Crippen molar-refractivity contribution >= 4 is 21.6 Å². The van der Waals surface area contributed by atoms with Gasteiger partial charge in [-0.05, 0) is 37.8 Å². The van der Waals surface area contributed by atoms with Crippen LogP contribution in [0.5, 0.6) is 0 Å². The zero-order valence-electron chi connectivity index (χ0n) is 15.3. The van der Waals surface area contributed by atoms with Gasteiger partial charge in [-0.2, -0.15) is 9.29 Å². The van der Waals surface area contributed by atoms with Crippen molar-refractivity contribution in [2.45, 2.75) is 49.4 Å². The maximum absolute atomic E-state index is 12.8. The number of benzene rings is 1. The maximum Gasteiger partial charge on any atom is 0.255 e. The molecule has 2 aromatic rings. The number of nitrogens with zero attached hydrogens (tertiary/aromatic N) is 3. The highest BCUT2D eigenvalue weighted by molar-refractivity contribution is 7.89. The molecule has 4 rings (SSSR count). The lowest BCUT2D eigenvalue weighted by Gasteiger charge is -2.31. The minimum atomic E-state index is -3.60. The molecule has 1 atom stereocenters. The Morgan fingerprint density at radius 3 is 2.71 bits per heavy atom. The molecule has 1 aromatic carbocycles. The minimum absolute atomic E-state index is 0.0534. The summed E-state index contributed by atoms with van der Waals surface area (Å²) in [6.07, 6.45) is 2.91. The molecule has 0 amide bonds. The first kappa shape index (κ1) is 19.8. The summed E-state index contributed by atoms with van der Waals surface area (Å²) >= 11 is 6.06. The molecule has 152 valence electrons. The molecule has 1 aromatic heterocycles. The summed E-state index contributed by atoms with van der Waals surface area (Å²) in [6.45, 7) is 1.71. The van der Waals surface area contributed by atoms with Crippen molar-refractivity contribution < 1.29 is 22.4 Å². The van der Waals surface area contributed by atoms with Crippen molar-refractivity contribution in [1.82, 2.24) is 14.4 Å². The van der Waals surface area contributed by atoms with Gasteiger partial charge >= 0.3 is 0 Å². The highest BCUT2D eigenvalue weighted by Gasteiger charge is 2.31. The van der Waals surface area contributed by atoms with Crippen LogP contribution >= 0.6 is 11.6 Å². The number of hydrogen-bond acceptors (Lipinski definition) is 7. The van der Waals surface area contributed by atoms with Gasteiger partial charge in [0.05, 0.1) is 11.1 Å². The number of piperidine rings is 1. The zero-order chi connectivity index (χ0) is 19.6. The predicted octanol–water partition coefficient (Wildman–Crippen LogP) is 2.94. The van der Waals surface area contributed by atoms with E-state index in [4.69, 9.17) is 25.6 Å². The van der Waals surface area contributed by atoms with E-state index in [2.05, 4.69) is 10.1 Å². The molecule has 28 heavy (non-hydrogen) atoms. The second-order valence-electron chi connectivity index (χ2n) is 6.90. The SMILES string of the molecule is O=S(=O)(c1ccccc1Cl)N1CCC(OCc2noc(C3CCCO3)n2)CC1. The van der Waals surface area contributed by atoms with Crippen molar-refractivity contribution in [3.63, 3.8) is 0 Å². The first-order valence-corrected chi connectivity index (χ1v) is 11.2. The molecule has 0 bridgehead atoms. The first-order chi connectivity index (χ1) is 13.5. The molecule has 0 saturated carbocycles. The summed E-state index contributed by atoms with van der Waals surface area (Å²) < 4.78 is 43.6.